The van der Waals surface area contributed by atoms with E-state index in [1.54, 1.807) is 18.2 Å². The molecule has 29 heavy (non-hydrogen) atoms. The summed E-state index contributed by atoms with van der Waals surface area (Å²) in [6.07, 6.45) is 0.0406. The number of esters is 1. The molecule has 7 heteroatoms. The fourth-order valence-corrected chi connectivity index (χ4v) is 3.31. The molecule has 1 aliphatic heterocycles. The molecule has 0 unspecified atom stereocenters. The van der Waals surface area contributed by atoms with Crippen LogP contribution in [0.3, 0.4) is 0 Å². The number of hydrogen-bond donors (Lipinski definition) is 1. The third-order valence-corrected chi connectivity index (χ3v) is 4.86. The number of benzene rings is 2. The van der Waals surface area contributed by atoms with E-state index >= 15 is 0 Å². The first-order valence-electron chi connectivity index (χ1n) is 9.44. The molecule has 1 heterocycles. The van der Waals surface area contributed by atoms with Crippen LogP contribution >= 0.6 is 0 Å². The number of rotatable bonds is 7. The summed E-state index contributed by atoms with van der Waals surface area (Å²) in [5, 5.41) is 2.79. The summed E-state index contributed by atoms with van der Waals surface area (Å²) in [6.45, 7) is 1.67. The second-order valence-electron chi connectivity index (χ2n) is 6.88. The third-order valence-electron chi connectivity index (χ3n) is 4.86. The Morgan fingerprint density at radius 1 is 1.14 bits per heavy atom. The van der Waals surface area contributed by atoms with Gasteiger partial charge >= 0.3 is 5.97 Å². The molecule has 2 aromatic rings. The lowest BCUT2D eigenvalue weighted by atomic mass is 10.1. The maximum atomic E-state index is 12.4. The van der Waals surface area contributed by atoms with Crippen molar-refractivity contribution in [3.05, 3.63) is 60.2 Å². The summed E-state index contributed by atoms with van der Waals surface area (Å²) in [5.74, 6) is -1.19. The molecule has 0 bridgehead atoms. The molecule has 1 saturated heterocycles. The van der Waals surface area contributed by atoms with E-state index < -0.39 is 11.9 Å². The molecule has 1 fully saturated rings. The van der Waals surface area contributed by atoms with Crippen LogP contribution in [0.15, 0.2) is 54.6 Å². The summed E-state index contributed by atoms with van der Waals surface area (Å²) in [5.41, 5.74) is 1.57. The van der Waals surface area contributed by atoms with Gasteiger partial charge in [-0.25, -0.2) is 0 Å². The highest BCUT2D eigenvalue weighted by Crippen LogP contribution is 2.33. The van der Waals surface area contributed by atoms with Gasteiger partial charge < -0.3 is 19.7 Å². The van der Waals surface area contributed by atoms with Crippen molar-refractivity contribution in [2.75, 3.05) is 25.2 Å². The Kier molecular flexibility index (Phi) is 6.49. The van der Waals surface area contributed by atoms with Gasteiger partial charge in [-0.2, -0.15) is 0 Å². The Hall–Kier alpha value is -3.35. The molecule has 152 valence electrons. The van der Waals surface area contributed by atoms with Gasteiger partial charge in [0.1, 0.15) is 5.75 Å². The van der Waals surface area contributed by atoms with Gasteiger partial charge in [-0.1, -0.05) is 42.5 Å². The quantitative estimate of drug-likeness (QED) is 0.727. The monoisotopic (exact) mass is 396 g/mol. The van der Waals surface area contributed by atoms with Crippen molar-refractivity contribution < 1.29 is 23.9 Å². The zero-order valence-electron chi connectivity index (χ0n) is 16.5. The molecule has 1 aliphatic rings. The van der Waals surface area contributed by atoms with Crippen molar-refractivity contribution in [3.8, 4) is 5.75 Å². The predicted molar refractivity (Wildman–Crippen MR) is 107 cm³/mol. The maximum absolute atomic E-state index is 12.4. The van der Waals surface area contributed by atoms with Gasteiger partial charge in [0.15, 0.2) is 6.61 Å². The van der Waals surface area contributed by atoms with Gasteiger partial charge in [0.2, 0.25) is 5.91 Å². The average Bonchev–Trinajstić information content (AvgIpc) is 3.14. The van der Waals surface area contributed by atoms with E-state index in [0.717, 1.165) is 5.56 Å². The highest BCUT2D eigenvalue weighted by molar-refractivity contribution is 6.00. The Balaban J connectivity index is 1.52. The van der Waals surface area contributed by atoms with Crippen molar-refractivity contribution >= 4 is 23.5 Å². The minimum absolute atomic E-state index is 0.0406. The highest BCUT2D eigenvalue weighted by Gasteiger charge is 2.37. The summed E-state index contributed by atoms with van der Waals surface area (Å²) in [6, 6.07) is 16.4. The Morgan fingerprint density at radius 3 is 2.55 bits per heavy atom. The van der Waals surface area contributed by atoms with Crippen molar-refractivity contribution in [1.29, 1.82) is 0 Å². The second kappa shape index (κ2) is 9.23. The molecule has 0 radical (unpaired) electrons. The predicted octanol–water partition coefficient (Wildman–Crippen LogP) is 2.47. The number of nitrogens with zero attached hydrogens (tertiary/aromatic N) is 1. The number of amides is 2. The van der Waals surface area contributed by atoms with E-state index in [0.29, 0.717) is 11.4 Å². The van der Waals surface area contributed by atoms with Gasteiger partial charge in [0.05, 0.1) is 24.8 Å². The SMILES string of the molecule is COc1ccccc1N1C[C@@H](C(=O)OCC(=O)N[C@H](C)c2ccccc2)CC1=O. The van der Waals surface area contributed by atoms with E-state index in [1.807, 2.05) is 43.3 Å². The summed E-state index contributed by atoms with van der Waals surface area (Å²) in [4.78, 5) is 38.4. The minimum atomic E-state index is -0.619. The largest absolute Gasteiger partial charge is 0.495 e. The molecule has 0 spiro atoms. The number of anilines is 1. The second-order valence-corrected chi connectivity index (χ2v) is 6.88. The van der Waals surface area contributed by atoms with Gasteiger partial charge in [-0.15, -0.1) is 0 Å². The van der Waals surface area contributed by atoms with Crippen molar-refractivity contribution in [2.24, 2.45) is 5.92 Å². The van der Waals surface area contributed by atoms with Crippen LogP contribution in [0.1, 0.15) is 24.9 Å². The topological polar surface area (TPSA) is 84.9 Å². The lowest BCUT2D eigenvalue weighted by Gasteiger charge is -2.19. The van der Waals surface area contributed by atoms with Crippen molar-refractivity contribution in [3.63, 3.8) is 0 Å². The number of para-hydroxylation sites is 2. The first-order valence-corrected chi connectivity index (χ1v) is 9.44. The Morgan fingerprint density at radius 2 is 1.83 bits per heavy atom. The zero-order valence-corrected chi connectivity index (χ0v) is 16.5. The molecule has 2 atom stereocenters. The Labute approximate surface area is 169 Å². The van der Waals surface area contributed by atoms with Crippen LogP contribution in [0.25, 0.3) is 0 Å². The normalized spacial score (nSPS) is 17.0. The molecule has 3 rings (SSSR count). The van der Waals surface area contributed by atoms with Crippen molar-refractivity contribution in [2.45, 2.75) is 19.4 Å². The number of methoxy groups -OCH3 is 1. The number of hydrogen-bond acceptors (Lipinski definition) is 5. The average molecular weight is 396 g/mol. The van der Waals surface area contributed by atoms with Crippen LogP contribution < -0.4 is 15.0 Å². The Bertz CT molecular complexity index is 884. The number of ether oxygens (including phenoxy) is 2. The van der Waals surface area contributed by atoms with E-state index in [9.17, 15) is 14.4 Å². The van der Waals surface area contributed by atoms with Crippen molar-refractivity contribution in [1.82, 2.24) is 5.32 Å². The van der Waals surface area contributed by atoms with Gasteiger partial charge in [-0.05, 0) is 24.6 Å². The molecule has 0 aromatic heterocycles. The van der Waals surface area contributed by atoms with Gasteiger partial charge in [0.25, 0.3) is 5.91 Å². The molecule has 2 aromatic carbocycles. The van der Waals surface area contributed by atoms with Crippen LogP contribution in [-0.4, -0.2) is 38.0 Å². The molecular formula is C22H24N2O5. The van der Waals surface area contributed by atoms with Crippen LogP contribution in [0.4, 0.5) is 5.69 Å². The maximum Gasteiger partial charge on any atom is 0.311 e. The molecular weight excluding hydrogens is 372 g/mol. The standard InChI is InChI=1S/C22H24N2O5/c1-15(16-8-4-3-5-9-16)23-20(25)14-29-22(27)17-12-21(26)24(13-17)18-10-6-7-11-19(18)28-2/h3-11,15,17H,12-14H2,1-2H3,(H,23,25)/t15-,17+/m1/s1. The van der Waals surface area contributed by atoms with Crippen LogP contribution in [-0.2, 0) is 19.1 Å². The smallest absolute Gasteiger partial charge is 0.311 e. The summed E-state index contributed by atoms with van der Waals surface area (Å²) >= 11 is 0. The minimum Gasteiger partial charge on any atom is -0.495 e. The molecule has 2 amide bonds. The summed E-state index contributed by atoms with van der Waals surface area (Å²) in [7, 11) is 1.53. The first kappa shape index (κ1) is 20.4. The van der Waals surface area contributed by atoms with E-state index in [4.69, 9.17) is 9.47 Å². The van der Waals surface area contributed by atoms with Gasteiger partial charge in [-0.3, -0.25) is 14.4 Å². The summed E-state index contributed by atoms with van der Waals surface area (Å²) < 4.78 is 10.4. The van der Waals surface area contributed by atoms with Crippen LogP contribution in [0.5, 0.6) is 5.75 Å². The fraction of sp³-hybridized carbons (Fsp3) is 0.318. The van der Waals surface area contributed by atoms with E-state index in [2.05, 4.69) is 5.32 Å². The fourth-order valence-electron chi connectivity index (χ4n) is 3.31. The number of carbonyl (C=O) groups excluding carboxylic acids is 3. The van der Waals surface area contributed by atoms with Crippen LogP contribution in [0.2, 0.25) is 0 Å². The zero-order chi connectivity index (χ0) is 20.8. The van der Waals surface area contributed by atoms with E-state index in [-0.39, 0.29) is 37.4 Å². The van der Waals surface area contributed by atoms with Gasteiger partial charge in [0, 0.05) is 13.0 Å². The van der Waals surface area contributed by atoms with Crippen LogP contribution in [0, 0.1) is 5.92 Å². The third kappa shape index (κ3) is 4.93. The first-order chi connectivity index (χ1) is 14.0. The molecule has 0 aliphatic carbocycles. The molecule has 7 nitrogen and oxygen atoms in total. The lowest BCUT2D eigenvalue weighted by Crippen LogP contribution is -2.32. The lowest BCUT2D eigenvalue weighted by molar-refractivity contribution is -0.152. The molecule has 0 saturated carbocycles. The highest BCUT2D eigenvalue weighted by atomic mass is 16.5. The number of nitrogens with one attached hydrogen (secondary N) is 1. The number of carbonyl (C=O) groups is 3. The molecule has 1 N–H and O–H groups in total. The van der Waals surface area contributed by atoms with E-state index in [1.165, 1.54) is 12.0 Å².